The Kier molecular flexibility index (Phi) is 6.47. The van der Waals surface area contributed by atoms with E-state index in [0.29, 0.717) is 24.5 Å². The number of morpholine rings is 1. The third kappa shape index (κ3) is 4.83. The SMILES string of the molecule is CC(CNC(=O)N1CCC(CN(C)C)C1)N1CCOCC1C. The summed E-state index contributed by atoms with van der Waals surface area (Å²) < 4.78 is 5.47. The van der Waals surface area contributed by atoms with Gasteiger partial charge in [-0.15, -0.1) is 0 Å². The summed E-state index contributed by atoms with van der Waals surface area (Å²) in [7, 11) is 4.18. The Morgan fingerprint density at radius 3 is 2.86 bits per heavy atom. The molecule has 2 rings (SSSR count). The van der Waals surface area contributed by atoms with E-state index in [2.05, 4.69) is 43.1 Å². The lowest BCUT2D eigenvalue weighted by Gasteiger charge is -2.38. The van der Waals surface area contributed by atoms with Crippen LogP contribution in [0, 0.1) is 5.92 Å². The number of nitrogens with zero attached hydrogens (tertiary/aromatic N) is 3. The van der Waals surface area contributed by atoms with Gasteiger partial charge in [-0.25, -0.2) is 4.79 Å². The third-order valence-electron chi connectivity index (χ3n) is 4.73. The Labute approximate surface area is 134 Å². The van der Waals surface area contributed by atoms with Gasteiger partial charge in [0.15, 0.2) is 0 Å². The quantitative estimate of drug-likeness (QED) is 0.811. The zero-order valence-corrected chi connectivity index (χ0v) is 14.5. The Morgan fingerprint density at radius 1 is 1.41 bits per heavy atom. The average molecular weight is 312 g/mol. The lowest BCUT2D eigenvalue weighted by atomic mass is 10.1. The molecule has 0 radical (unpaired) electrons. The fourth-order valence-corrected chi connectivity index (χ4v) is 3.54. The van der Waals surface area contributed by atoms with E-state index in [9.17, 15) is 4.79 Å². The summed E-state index contributed by atoms with van der Waals surface area (Å²) in [4.78, 5) is 18.9. The second-order valence-electron chi connectivity index (χ2n) is 7.06. The number of likely N-dealkylation sites (tertiary alicyclic amines) is 1. The van der Waals surface area contributed by atoms with Crippen LogP contribution in [0.2, 0.25) is 0 Å². The monoisotopic (exact) mass is 312 g/mol. The van der Waals surface area contributed by atoms with Crippen LogP contribution in [0.5, 0.6) is 0 Å². The van der Waals surface area contributed by atoms with Gasteiger partial charge < -0.3 is 19.9 Å². The number of hydrogen-bond acceptors (Lipinski definition) is 4. The molecule has 128 valence electrons. The molecule has 6 heteroatoms. The molecule has 2 saturated heterocycles. The van der Waals surface area contributed by atoms with E-state index in [0.717, 1.165) is 45.8 Å². The van der Waals surface area contributed by atoms with Gasteiger partial charge in [-0.05, 0) is 40.3 Å². The van der Waals surface area contributed by atoms with Crippen molar-refractivity contribution in [2.24, 2.45) is 5.92 Å². The largest absolute Gasteiger partial charge is 0.379 e. The minimum atomic E-state index is 0.0917. The molecule has 2 heterocycles. The molecule has 0 aliphatic carbocycles. The van der Waals surface area contributed by atoms with Crippen LogP contribution in [0.25, 0.3) is 0 Å². The minimum Gasteiger partial charge on any atom is -0.379 e. The van der Waals surface area contributed by atoms with Crippen molar-refractivity contribution in [3.05, 3.63) is 0 Å². The molecule has 2 aliphatic heterocycles. The number of carbonyl (C=O) groups is 1. The topological polar surface area (TPSA) is 48.1 Å². The Hall–Kier alpha value is -0.850. The van der Waals surface area contributed by atoms with E-state index in [4.69, 9.17) is 4.74 Å². The summed E-state index contributed by atoms with van der Waals surface area (Å²) in [5, 5.41) is 3.11. The molecule has 3 unspecified atom stereocenters. The molecular weight excluding hydrogens is 280 g/mol. The number of rotatable bonds is 5. The van der Waals surface area contributed by atoms with Crippen LogP contribution in [0.1, 0.15) is 20.3 Å². The van der Waals surface area contributed by atoms with Crippen molar-refractivity contribution in [2.75, 3.05) is 60.0 Å². The molecule has 2 amide bonds. The van der Waals surface area contributed by atoms with Gasteiger partial charge in [-0.1, -0.05) is 0 Å². The summed E-state index contributed by atoms with van der Waals surface area (Å²) in [6.45, 7) is 10.4. The van der Waals surface area contributed by atoms with Crippen LogP contribution in [-0.4, -0.2) is 92.8 Å². The van der Waals surface area contributed by atoms with E-state index in [1.807, 2.05) is 4.90 Å². The average Bonchev–Trinajstić information content (AvgIpc) is 2.92. The van der Waals surface area contributed by atoms with Gasteiger partial charge in [0.1, 0.15) is 0 Å². The smallest absolute Gasteiger partial charge is 0.317 e. The van der Waals surface area contributed by atoms with Crippen LogP contribution in [0.15, 0.2) is 0 Å². The zero-order valence-electron chi connectivity index (χ0n) is 14.5. The highest BCUT2D eigenvalue weighted by molar-refractivity contribution is 5.74. The highest BCUT2D eigenvalue weighted by Gasteiger charge is 2.28. The van der Waals surface area contributed by atoms with Crippen LogP contribution < -0.4 is 5.32 Å². The maximum Gasteiger partial charge on any atom is 0.317 e. The molecule has 0 bridgehead atoms. The molecule has 2 aliphatic rings. The van der Waals surface area contributed by atoms with Crippen molar-refractivity contribution < 1.29 is 9.53 Å². The van der Waals surface area contributed by atoms with Gasteiger partial charge in [0.2, 0.25) is 0 Å². The van der Waals surface area contributed by atoms with Gasteiger partial charge in [0, 0.05) is 44.8 Å². The molecule has 22 heavy (non-hydrogen) atoms. The van der Waals surface area contributed by atoms with E-state index >= 15 is 0 Å². The number of hydrogen-bond donors (Lipinski definition) is 1. The van der Waals surface area contributed by atoms with Crippen molar-refractivity contribution in [1.82, 2.24) is 20.0 Å². The molecule has 2 fully saturated rings. The fraction of sp³-hybridized carbons (Fsp3) is 0.938. The molecule has 0 saturated carbocycles. The highest BCUT2D eigenvalue weighted by atomic mass is 16.5. The van der Waals surface area contributed by atoms with Crippen LogP contribution in [0.3, 0.4) is 0 Å². The van der Waals surface area contributed by atoms with Gasteiger partial charge in [-0.3, -0.25) is 4.90 Å². The van der Waals surface area contributed by atoms with E-state index in [-0.39, 0.29) is 6.03 Å². The first-order valence-electron chi connectivity index (χ1n) is 8.48. The summed E-state index contributed by atoms with van der Waals surface area (Å²) in [6.07, 6.45) is 1.11. The number of urea groups is 1. The summed E-state index contributed by atoms with van der Waals surface area (Å²) >= 11 is 0. The highest BCUT2D eigenvalue weighted by Crippen LogP contribution is 2.17. The molecule has 1 N–H and O–H groups in total. The number of nitrogens with one attached hydrogen (secondary N) is 1. The standard InChI is InChI=1S/C16H32N4O2/c1-13(20-7-8-22-12-14(20)2)9-17-16(21)19-6-5-15(11-19)10-18(3)4/h13-15H,5-12H2,1-4H3,(H,17,21). The van der Waals surface area contributed by atoms with Crippen molar-refractivity contribution >= 4 is 6.03 Å². The van der Waals surface area contributed by atoms with Gasteiger partial charge in [-0.2, -0.15) is 0 Å². The van der Waals surface area contributed by atoms with E-state index < -0.39 is 0 Å². The van der Waals surface area contributed by atoms with E-state index in [1.54, 1.807) is 0 Å². The number of amides is 2. The molecule has 0 spiro atoms. The van der Waals surface area contributed by atoms with Crippen molar-refractivity contribution in [1.29, 1.82) is 0 Å². The first kappa shape index (κ1) is 17.5. The van der Waals surface area contributed by atoms with Gasteiger partial charge in [0.25, 0.3) is 0 Å². The zero-order chi connectivity index (χ0) is 16.1. The molecular formula is C16H32N4O2. The Bertz CT molecular complexity index is 364. The van der Waals surface area contributed by atoms with Gasteiger partial charge >= 0.3 is 6.03 Å². The molecule has 0 aromatic heterocycles. The lowest BCUT2D eigenvalue weighted by molar-refractivity contribution is -0.0177. The van der Waals surface area contributed by atoms with E-state index in [1.165, 1.54) is 0 Å². The van der Waals surface area contributed by atoms with Crippen LogP contribution in [-0.2, 0) is 4.74 Å². The molecule has 0 aromatic carbocycles. The lowest BCUT2D eigenvalue weighted by Crippen LogP contribution is -2.53. The summed E-state index contributed by atoms with van der Waals surface area (Å²) in [5.41, 5.74) is 0. The fourth-order valence-electron chi connectivity index (χ4n) is 3.54. The van der Waals surface area contributed by atoms with Crippen LogP contribution in [0.4, 0.5) is 4.79 Å². The number of carbonyl (C=O) groups excluding carboxylic acids is 1. The molecule has 6 nitrogen and oxygen atoms in total. The second kappa shape index (κ2) is 8.13. The van der Waals surface area contributed by atoms with Crippen LogP contribution >= 0.6 is 0 Å². The Morgan fingerprint density at radius 2 is 2.18 bits per heavy atom. The van der Waals surface area contributed by atoms with Crippen molar-refractivity contribution in [2.45, 2.75) is 32.4 Å². The normalized spacial score (nSPS) is 28.1. The second-order valence-corrected chi connectivity index (χ2v) is 7.06. The predicted molar refractivity (Wildman–Crippen MR) is 88.1 cm³/mol. The Balaban J connectivity index is 1.71. The maximum absolute atomic E-state index is 12.3. The summed E-state index contributed by atoms with van der Waals surface area (Å²) in [6, 6.07) is 0.869. The number of ether oxygens (including phenoxy) is 1. The minimum absolute atomic E-state index is 0.0917. The third-order valence-corrected chi connectivity index (χ3v) is 4.73. The summed E-state index contributed by atoms with van der Waals surface area (Å²) in [5.74, 6) is 0.609. The van der Waals surface area contributed by atoms with Crippen molar-refractivity contribution in [3.63, 3.8) is 0 Å². The van der Waals surface area contributed by atoms with Gasteiger partial charge in [0.05, 0.1) is 13.2 Å². The maximum atomic E-state index is 12.3. The first-order valence-corrected chi connectivity index (χ1v) is 8.48. The molecule has 3 atom stereocenters. The van der Waals surface area contributed by atoms with Crippen molar-refractivity contribution in [3.8, 4) is 0 Å². The predicted octanol–water partition coefficient (Wildman–Crippen LogP) is 0.689. The first-order chi connectivity index (χ1) is 10.5. The molecule has 0 aromatic rings.